The van der Waals surface area contributed by atoms with Crippen molar-refractivity contribution in [1.29, 1.82) is 0 Å². The highest BCUT2D eigenvalue weighted by Gasteiger charge is 2.51. The van der Waals surface area contributed by atoms with Gasteiger partial charge in [-0.25, -0.2) is 18.6 Å². The van der Waals surface area contributed by atoms with Gasteiger partial charge in [0, 0.05) is 62.2 Å². The monoisotopic (exact) mass is 851 g/mol. The van der Waals surface area contributed by atoms with Gasteiger partial charge < -0.3 is 34.4 Å². The Hall–Kier alpha value is -5.54. The van der Waals surface area contributed by atoms with Crippen LogP contribution in [-0.4, -0.2) is 125 Å². The number of phenols is 1. The predicted octanol–water partition coefficient (Wildman–Crippen LogP) is 6.36. The number of hydrogen-bond donors (Lipinski definition) is 2. The molecule has 8 rings (SSSR count). The number of halogens is 5. The molecular formula is C43H46F5N7O6. The third-order valence-electron chi connectivity index (χ3n) is 12.2. The minimum Gasteiger partial charge on any atom is -0.508 e. The molecule has 4 atom stereocenters. The molecule has 61 heavy (non-hydrogen) atoms. The van der Waals surface area contributed by atoms with Crippen LogP contribution < -0.4 is 19.7 Å². The normalized spacial score (nSPS) is 23.9. The summed E-state index contributed by atoms with van der Waals surface area (Å²) in [6.07, 6.45) is 2.79. The topological polar surface area (TPSA) is 142 Å². The number of piperazine rings is 1. The molecule has 0 radical (unpaired) electrons. The van der Waals surface area contributed by atoms with E-state index in [2.05, 4.69) is 26.1 Å². The zero-order chi connectivity index (χ0) is 43.5. The Balaban J connectivity index is 1.24. The lowest BCUT2D eigenvalue weighted by Crippen LogP contribution is -2.62. The van der Waals surface area contributed by atoms with Crippen LogP contribution in [0.15, 0.2) is 24.3 Å². The molecule has 4 fully saturated rings. The highest BCUT2D eigenvalue weighted by Crippen LogP contribution is 2.45. The van der Waals surface area contributed by atoms with Crippen LogP contribution in [0.5, 0.6) is 17.6 Å². The second-order valence-corrected chi connectivity index (χ2v) is 16.9. The van der Waals surface area contributed by atoms with Gasteiger partial charge in [-0.15, -0.1) is 6.42 Å². The van der Waals surface area contributed by atoms with E-state index < -0.39 is 59.3 Å². The summed E-state index contributed by atoms with van der Waals surface area (Å²) in [5.41, 5.74) is -1.27. The molecule has 3 unspecified atom stereocenters. The number of phenolic OH excluding ortho intramolecular Hbond substituents is 1. The largest absolute Gasteiger partial charge is 0.508 e. The number of ketones is 1. The summed E-state index contributed by atoms with van der Waals surface area (Å²) in [4.78, 5) is 44.2. The van der Waals surface area contributed by atoms with Crippen LogP contribution in [0.1, 0.15) is 57.9 Å². The first-order chi connectivity index (χ1) is 29.0. The molecule has 18 heteroatoms. The minimum absolute atomic E-state index is 0.0254. The van der Waals surface area contributed by atoms with Crippen LogP contribution in [0.4, 0.5) is 32.6 Å². The van der Waals surface area contributed by atoms with E-state index in [0.29, 0.717) is 5.39 Å². The quantitative estimate of drug-likeness (QED) is 0.136. The third kappa shape index (κ3) is 7.93. The number of alkyl halides is 3. The van der Waals surface area contributed by atoms with Crippen LogP contribution in [0.3, 0.4) is 0 Å². The molecular weight excluding hydrogens is 806 g/mol. The summed E-state index contributed by atoms with van der Waals surface area (Å²) in [6, 6.07) is 3.82. The Morgan fingerprint density at radius 3 is 2.49 bits per heavy atom. The molecule has 2 aromatic heterocycles. The second kappa shape index (κ2) is 16.1. The van der Waals surface area contributed by atoms with Crippen LogP contribution in [0.2, 0.25) is 0 Å². The summed E-state index contributed by atoms with van der Waals surface area (Å²) in [5.74, 6) is -2.56. The van der Waals surface area contributed by atoms with Crippen LogP contribution in [-0.2, 0) is 9.53 Å². The number of terminal acetylenes is 1. The lowest BCUT2D eigenvalue weighted by atomic mass is 9.82. The first-order valence-corrected chi connectivity index (χ1v) is 20.3. The van der Waals surface area contributed by atoms with E-state index in [4.69, 9.17) is 25.6 Å². The number of hydrogen-bond acceptors (Lipinski definition) is 12. The fraction of sp³-hybridized carbons (Fsp3) is 0.512. The third-order valence-corrected chi connectivity index (χ3v) is 12.2. The van der Waals surface area contributed by atoms with Crippen molar-refractivity contribution >= 4 is 39.4 Å². The smallest absolute Gasteiger partial charge is 0.450 e. The highest BCUT2D eigenvalue weighted by atomic mass is 19.4. The van der Waals surface area contributed by atoms with Crippen molar-refractivity contribution in [3.05, 3.63) is 41.5 Å². The van der Waals surface area contributed by atoms with Crippen molar-refractivity contribution in [2.45, 2.75) is 88.3 Å². The Labute approximate surface area is 348 Å². The number of fused-ring (bicyclic) bond motifs is 5. The van der Waals surface area contributed by atoms with Crippen molar-refractivity contribution in [3.8, 4) is 41.2 Å². The molecule has 0 saturated carbocycles. The van der Waals surface area contributed by atoms with Crippen LogP contribution >= 0.6 is 0 Å². The maximum atomic E-state index is 17.6. The Morgan fingerprint density at radius 1 is 1.08 bits per heavy atom. The van der Waals surface area contributed by atoms with E-state index in [1.165, 1.54) is 23.1 Å². The van der Waals surface area contributed by atoms with Crippen molar-refractivity contribution in [2.24, 2.45) is 5.92 Å². The first-order valence-electron chi connectivity index (χ1n) is 20.3. The number of aromatic nitrogens is 3. The fourth-order valence-corrected chi connectivity index (χ4v) is 9.65. The number of pyridine rings is 1. The number of aromatic hydroxyl groups is 1. The van der Waals surface area contributed by atoms with Crippen molar-refractivity contribution < 1.29 is 50.9 Å². The molecule has 324 valence electrons. The summed E-state index contributed by atoms with van der Waals surface area (Å²) >= 11 is 0. The van der Waals surface area contributed by atoms with E-state index in [9.17, 15) is 27.9 Å². The van der Waals surface area contributed by atoms with Gasteiger partial charge in [0.25, 0.3) is 0 Å². The van der Waals surface area contributed by atoms with Gasteiger partial charge in [0.1, 0.15) is 47.2 Å². The van der Waals surface area contributed by atoms with Crippen LogP contribution in [0.25, 0.3) is 32.9 Å². The molecule has 2 aromatic carbocycles. The molecule has 1 amide bonds. The first kappa shape index (κ1) is 42.2. The Morgan fingerprint density at radius 2 is 1.82 bits per heavy atom. The minimum atomic E-state index is -4.97. The Kier molecular flexibility index (Phi) is 11.1. The predicted molar refractivity (Wildman–Crippen MR) is 214 cm³/mol. The summed E-state index contributed by atoms with van der Waals surface area (Å²) < 4.78 is 91.6. The van der Waals surface area contributed by atoms with Crippen molar-refractivity contribution in [2.75, 3.05) is 51.8 Å². The van der Waals surface area contributed by atoms with Gasteiger partial charge in [0.05, 0.1) is 17.2 Å². The van der Waals surface area contributed by atoms with Gasteiger partial charge in [0.15, 0.2) is 5.82 Å². The molecule has 2 N–H and O–H groups in total. The van der Waals surface area contributed by atoms with Gasteiger partial charge in [-0.1, -0.05) is 12.0 Å². The number of nitrogens with one attached hydrogen (secondary N) is 1. The van der Waals surface area contributed by atoms with Gasteiger partial charge in [-0.2, -0.15) is 23.1 Å². The standard InChI is InChI=1S/C43H46F5N7O6/c1-6-29-31(44)9-8-23-16-28(56)17-30(32(23)29)35-34(45)36-33(39(50-35)61-22(2)3)38(54-18-25-14-24(15-26(19-54)49-25)37(57)43(46,47)48)52-40(51-36)60-21-42-11-7-13-55(42)27(10-12-42)20-59-41(58)53(4)5/h1,8-9,16-17,22,24-27,49,56H,7,10-15,18-21H2,2-5H3/t24?,25?,26?,27-,42?/m0/s1. The number of Topliss-reactive ketones (excluding diaryl/α,β-unsaturated/α-hetero) is 1. The molecule has 2 bridgehead atoms. The zero-order valence-corrected chi connectivity index (χ0v) is 34.1. The van der Waals surface area contributed by atoms with Gasteiger partial charge in [-0.05, 0) is 82.5 Å². The molecule has 4 aliphatic heterocycles. The van der Waals surface area contributed by atoms with Gasteiger partial charge in [0.2, 0.25) is 11.7 Å². The second-order valence-electron chi connectivity index (χ2n) is 16.9. The molecule has 0 spiro atoms. The van der Waals surface area contributed by atoms with E-state index in [0.717, 1.165) is 38.3 Å². The SMILES string of the molecule is C#Cc1c(F)ccc2cc(O)cc(-c3nc(OC(C)C)c4c(N5CC6CC(C(=O)C(F)(F)F)CC(C5)N6)nc(OCC56CCCN5[C@H](COC(=O)N(C)C)CC6)nc4c3F)c12. The number of anilines is 1. The van der Waals surface area contributed by atoms with Crippen molar-refractivity contribution in [1.82, 2.24) is 30.1 Å². The highest BCUT2D eigenvalue weighted by molar-refractivity contribution is 6.04. The van der Waals surface area contributed by atoms with E-state index in [1.807, 2.05) is 0 Å². The van der Waals surface area contributed by atoms with E-state index >= 15 is 8.78 Å². The van der Waals surface area contributed by atoms with E-state index in [1.54, 1.807) is 32.8 Å². The average Bonchev–Trinajstić information content (AvgIpc) is 3.78. The number of carbonyl (C=O) groups is 2. The van der Waals surface area contributed by atoms with E-state index in [-0.39, 0.29) is 102 Å². The molecule has 6 heterocycles. The number of ether oxygens (including phenoxy) is 3. The number of rotatable bonds is 10. The number of nitrogens with zero attached hydrogens (tertiary/aromatic N) is 6. The lowest BCUT2D eigenvalue weighted by molar-refractivity contribution is -0.177. The number of amides is 1. The Bertz CT molecular complexity index is 2430. The number of benzene rings is 2. The summed E-state index contributed by atoms with van der Waals surface area (Å²) in [6.45, 7) is 4.73. The molecule has 4 saturated heterocycles. The van der Waals surface area contributed by atoms with Gasteiger partial charge >= 0.3 is 18.3 Å². The maximum absolute atomic E-state index is 17.6. The molecule has 4 aromatic rings. The van der Waals surface area contributed by atoms with Crippen LogP contribution in [0, 0.1) is 29.9 Å². The fourth-order valence-electron chi connectivity index (χ4n) is 9.65. The molecule has 0 aliphatic carbocycles. The number of carbonyl (C=O) groups excluding carboxylic acids is 2. The van der Waals surface area contributed by atoms with Gasteiger partial charge in [-0.3, -0.25) is 9.69 Å². The average molecular weight is 852 g/mol. The zero-order valence-electron chi connectivity index (χ0n) is 34.1. The maximum Gasteiger partial charge on any atom is 0.450 e. The lowest BCUT2D eigenvalue weighted by Gasteiger charge is -2.45. The van der Waals surface area contributed by atoms with Crippen molar-refractivity contribution in [3.63, 3.8) is 0 Å². The summed E-state index contributed by atoms with van der Waals surface area (Å²) in [7, 11) is 3.22. The number of piperidine rings is 1. The summed E-state index contributed by atoms with van der Waals surface area (Å²) in [5, 5.41) is 14.6. The molecule has 4 aliphatic rings. The molecule has 13 nitrogen and oxygen atoms in total.